The number of sulfonamides is 1. The van der Waals surface area contributed by atoms with Crippen LogP contribution in [0.5, 0.6) is 0 Å². The summed E-state index contributed by atoms with van der Waals surface area (Å²) in [5, 5.41) is 9.30. The smallest absolute Gasteiger partial charge is 0.346 e. The zero-order valence-corrected chi connectivity index (χ0v) is 37.7. The number of nitrogens with zero attached hydrogens (tertiary/aromatic N) is 5. The maximum Gasteiger partial charge on any atom is 0.435 e. The van der Waals surface area contributed by atoms with Gasteiger partial charge >= 0.3 is 12.4 Å². The minimum absolute atomic E-state index is 0.0375. The fraction of sp³-hybridized carbons (Fsp3) is 0.429. The third-order valence-electron chi connectivity index (χ3n) is 11.9. The van der Waals surface area contributed by atoms with Gasteiger partial charge in [0.1, 0.15) is 40.9 Å². The van der Waals surface area contributed by atoms with E-state index in [2.05, 4.69) is 32.1 Å². The van der Waals surface area contributed by atoms with Gasteiger partial charge in [-0.15, -0.1) is 0 Å². The van der Waals surface area contributed by atoms with Crippen LogP contribution in [0.15, 0.2) is 30.3 Å². The van der Waals surface area contributed by atoms with Crippen molar-refractivity contribution >= 4 is 54.1 Å². The SMILES string of the molecule is CC(C)(C#Cc1nc([C@@H](Cc2cc(F)cc(F)c2)NC(=O)Cn2nc(C(F)(F)F)c3c2C(F)(F)C2C[C@H]32)c(-c2ccc(Cl)c3c(NS(C)(=O)=O)nn(CC(F)(F)F)c23)c2c1CCC2)S(C)(=O)=O. The van der Waals surface area contributed by atoms with Crippen molar-refractivity contribution in [2.45, 2.75) is 94.0 Å². The Bertz CT molecular complexity index is 3190. The lowest BCUT2D eigenvalue weighted by atomic mass is 9.88. The number of halogens is 11. The Morgan fingerprint density at radius 2 is 1.63 bits per heavy atom. The molecule has 12 nitrogen and oxygen atoms in total. The van der Waals surface area contributed by atoms with E-state index in [0.29, 0.717) is 34.6 Å². The van der Waals surface area contributed by atoms with E-state index in [1.165, 1.54) is 26.0 Å². The number of alkyl halides is 8. The number of nitrogens with one attached hydrogen (secondary N) is 2. The molecule has 358 valence electrons. The molecule has 1 unspecified atom stereocenters. The Labute approximate surface area is 380 Å². The van der Waals surface area contributed by atoms with E-state index in [1.807, 2.05) is 0 Å². The average Bonchev–Trinajstić information content (AvgIpc) is 3.38. The third kappa shape index (κ3) is 9.17. The van der Waals surface area contributed by atoms with Gasteiger partial charge in [0, 0.05) is 34.9 Å². The van der Waals surface area contributed by atoms with Crippen LogP contribution in [0, 0.1) is 29.4 Å². The Morgan fingerprint density at radius 1 is 0.970 bits per heavy atom. The standard InChI is InChI=1S/C42H36ClF10N7O5S2/c1-39(2,66(3,62)63)11-10-28-22-6-5-7-23(22)31(24-8-9-27(43)33-35(24)60(18-40(46,47)48)57-38(33)58-67(4,64)65)34(55-28)29(14-19-12-20(44)15-21(45)13-19)54-30(61)17-59-37-32(36(56-59)42(51,52)53)25-16-26(25)41(37,49)50/h8-9,12-13,15,25-26,29H,5-7,14,16-18H2,1-4H3,(H,54,61)(H,57,58)/t25-,26?,29+/m0/s1. The average molecular weight is 1010 g/mol. The largest absolute Gasteiger partial charge is 0.435 e. The number of hydrogen-bond acceptors (Lipinski definition) is 8. The van der Waals surface area contributed by atoms with Crippen LogP contribution in [0.25, 0.3) is 22.0 Å². The normalized spacial score (nSPS) is 18.3. The number of hydrogen-bond donors (Lipinski definition) is 2. The van der Waals surface area contributed by atoms with E-state index in [0.717, 1.165) is 18.4 Å². The van der Waals surface area contributed by atoms with E-state index >= 15 is 8.78 Å². The Hall–Kier alpha value is -5.41. The molecule has 0 radical (unpaired) electrons. The maximum absolute atomic E-state index is 15.6. The molecule has 1 fully saturated rings. The number of benzene rings is 2. The lowest BCUT2D eigenvalue weighted by molar-refractivity contribution is -0.142. The van der Waals surface area contributed by atoms with Crippen LogP contribution in [-0.2, 0) is 69.1 Å². The van der Waals surface area contributed by atoms with Gasteiger partial charge < -0.3 is 5.32 Å². The van der Waals surface area contributed by atoms with Gasteiger partial charge in [0.05, 0.1) is 33.9 Å². The van der Waals surface area contributed by atoms with Crippen LogP contribution in [0.3, 0.4) is 0 Å². The number of rotatable bonds is 11. The molecule has 1 amide bonds. The van der Waals surface area contributed by atoms with Crippen LogP contribution in [-0.4, -0.2) is 70.7 Å². The lowest BCUT2D eigenvalue weighted by Gasteiger charge is -2.25. The first-order valence-corrected chi connectivity index (χ1v) is 24.3. The highest BCUT2D eigenvalue weighted by molar-refractivity contribution is 7.92. The Kier molecular flexibility index (Phi) is 11.6. The summed E-state index contributed by atoms with van der Waals surface area (Å²) >= 11 is 6.57. The molecule has 0 spiro atoms. The molecule has 5 aromatic rings. The zero-order valence-electron chi connectivity index (χ0n) is 35.3. The van der Waals surface area contributed by atoms with Crippen molar-refractivity contribution in [1.82, 2.24) is 29.9 Å². The monoisotopic (exact) mass is 1010 g/mol. The molecular formula is C42H36ClF10N7O5S2. The predicted molar refractivity (Wildman–Crippen MR) is 223 cm³/mol. The van der Waals surface area contributed by atoms with Crippen LogP contribution in [0.1, 0.15) is 83.7 Å². The van der Waals surface area contributed by atoms with Gasteiger partial charge in [-0.05, 0) is 92.7 Å². The van der Waals surface area contributed by atoms with E-state index in [9.17, 15) is 56.8 Å². The molecule has 3 aromatic heterocycles. The van der Waals surface area contributed by atoms with Crippen LogP contribution < -0.4 is 10.0 Å². The minimum Gasteiger partial charge on any atom is -0.346 e. The Morgan fingerprint density at radius 3 is 2.24 bits per heavy atom. The molecule has 2 aromatic carbocycles. The van der Waals surface area contributed by atoms with E-state index in [-0.39, 0.29) is 62.4 Å². The second kappa shape index (κ2) is 16.1. The summed E-state index contributed by atoms with van der Waals surface area (Å²) in [5.74, 6) is -5.01. The van der Waals surface area contributed by atoms with Gasteiger partial charge in [0.25, 0.3) is 5.92 Å². The first kappa shape index (κ1) is 48.1. The summed E-state index contributed by atoms with van der Waals surface area (Å²) < 4.78 is 198. The van der Waals surface area contributed by atoms with Crippen LogP contribution in [0.2, 0.25) is 5.02 Å². The molecular weight excluding hydrogens is 972 g/mol. The molecule has 25 heteroatoms. The Balaban J connectivity index is 1.39. The van der Waals surface area contributed by atoms with Crippen LogP contribution >= 0.6 is 11.6 Å². The second-order valence-corrected chi connectivity index (χ2v) is 22.0. The number of carbonyl (C=O) groups excluding carboxylic acids is 1. The van der Waals surface area contributed by atoms with Gasteiger partial charge in [-0.3, -0.25) is 18.9 Å². The van der Waals surface area contributed by atoms with E-state index in [4.69, 9.17) is 16.6 Å². The topological polar surface area (TPSA) is 158 Å². The van der Waals surface area contributed by atoms with Crippen LogP contribution in [0.4, 0.5) is 49.7 Å². The summed E-state index contributed by atoms with van der Waals surface area (Å²) in [6, 6.07) is 3.07. The molecule has 8 rings (SSSR count). The van der Waals surface area contributed by atoms with Gasteiger partial charge in [-0.2, -0.15) is 45.3 Å². The predicted octanol–water partition coefficient (Wildman–Crippen LogP) is 8.15. The van der Waals surface area contributed by atoms with Crippen molar-refractivity contribution in [2.24, 2.45) is 5.92 Å². The van der Waals surface area contributed by atoms with E-state index < -0.39 is 126 Å². The highest BCUT2D eigenvalue weighted by atomic mass is 35.5. The number of pyridine rings is 1. The zero-order chi connectivity index (χ0) is 49.1. The van der Waals surface area contributed by atoms with Gasteiger partial charge in [-0.1, -0.05) is 23.6 Å². The molecule has 3 atom stereocenters. The molecule has 1 saturated carbocycles. The van der Waals surface area contributed by atoms with Crippen molar-refractivity contribution in [3.8, 4) is 23.0 Å². The van der Waals surface area contributed by atoms with Crippen molar-refractivity contribution in [1.29, 1.82) is 0 Å². The van der Waals surface area contributed by atoms with E-state index in [1.54, 1.807) is 0 Å². The fourth-order valence-corrected chi connectivity index (χ4v) is 9.77. The summed E-state index contributed by atoms with van der Waals surface area (Å²) in [7, 11) is -8.08. The molecule has 3 heterocycles. The van der Waals surface area contributed by atoms with Crippen molar-refractivity contribution in [3.05, 3.63) is 92.0 Å². The number of fused-ring (bicyclic) bond motifs is 5. The number of amides is 1. The molecule has 0 bridgehead atoms. The molecule has 3 aliphatic carbocycles. The number of aromatic nitrogens is 5. The highest BCUT2D eigenvalue weighted by Crippen LogP contribution is 2.68. The first-order valence-electron chi connectivity index (χ1n) is 20.2. The van der Waals surface area contributed by atoms with Crippen molar-refractivity contribution < 1.29 is 65.5 Å². The van der Waals surface area contributed by atoms with Gasteiger partial charge in [-0.25, -0.2) is 30.6 Å². The quantitative estimate of drug-likeness (QED) is 0.0992. The summed E-state index contributed by atoms with van der Waals surface area (Å²) in [6.07, 6.45) is -8.68. The van der Waals surface area contributed by atoms with Crippen molar-refractivity contribution in [3.63, 3.8) is 0 Å². The number of sulfone groups is 1. The van der Waals surface area contributed by atoms with Gasteiger partial charge in [0.2, 0.25) is 15.9 Å². The fourth-order valence-electron chi connectivity index (χ4n) is 8.80. The third-order valence-corrected chi connectivity index (χ3v) is 14.8. The molecule has 2 N–H and O–H groups in total. The minimum atomic E-state index is -5.19. The summed E-state index contributed by atoms with van der Waals surface area (Å²) in [6.45, 7) is -0.435. The van der Waals surface area contributed by atoms with Crippen molar-refractivity contribution in [2.75, 3.05) is 17.2 Å². The maximum atomic E-state index is 15.6. The molecule has 3 aliphatic rings. The lowest BCUT2D eigenvalue weighted by Crippen LogP contribution is -2.35. The summed E-state index contributed by atoms with van der Waals surface area (Å²) in [4.78, 5) is 19.0. The molecule has 67 heavy (non-hydrogen) atoms. The highest BCUT2D eigenvalue weighted by Gasteiger charge is 2.68. The number of anilines is 1. The van der Waals surface area contributed by atoms with Gasteiger partial charge in [0.15, 0.2) is 21.3 Å². The molecule has 0 aliphatic heterocycles. The second-order valence-electron chi connectivity index (χ2n) is 17.3. The first-order chi connectivity index (χ1) is 30.8. The molecule has 0 saturated heterocycles. The number of carbonyl (C=O) groups is 1. The summed E-state index contributed by atoms with van der Waals surface area (Å²) in [5.41, 5.74) is -3.87.